The van der Waals surface area contributed by atoms with Crippen LogP contribution in [0.15, 0.2) is 12.2 Å². The first-order valence-electron chi connectivity index (χ1n) is 9.27. The van der Waals surface area contributed by atoms with Gasteiger partial charge in [-0.15, -0.1) is 0 Å². The fraction of sp³-hybridized carbons (Fsp3) is 0.778. The number of hydrogen-bond donors (Lipinski definition) is 4. The minimum atomic E-state index is -1.12. The molecule has 0 spiro atoms. The summed E-state index contributed by atoms with van der Waals surface area (Å²) in [5.74, 6) is -1.50. The van der Waals surface area contributed by atoms with E-state index >= 15 is 0 Å². The van der Waals surface area contributed by atoms with Crippen molar-refractivity contribution in [2.24, 2.45) is 0 Å². The number of nitrogens with one attached hydrogen (secondary N) is 3. The predicted octanol–water partition coefficient (Wildman–Crippen LogP) is 2.06. The Balaban J connectivity index is 3.15. The Hall–Kier alpha value is -1.40. The predicted molar refractivity (Wildman–Crippen MR) is 98.1 cm³/mol. The molecule has 6 heteroatoms. The van der Waals surface area contributed by atoms with Crippen LogP contribution in [0, 0.1) is 0 Å². The summed E-state index contributed by atoms with van der Waals surface area (Å²) in [6, 6.07) is 0. The Morgan fingerprint density at radius 1 is 0.750 bits per heavy atom. The van der Waals surface area contributed by atoms with Crippen molar-refractivity contribution >= 4 is 11.9 Å². The van der Waals surface area contributed by atoms with E-state index in [2.05, 4.69) is 22.9 Å². The van der Waals surface area contributed by atoms with Gasteiger partial charge in [0.1, 0.15) is 0 Å². The molecule has 0 aliphatic carbocycles. The van der Waals surface area contributed by atoms with Gasteiger partial charge in [-0.2, -0.15) is 0 Å². The van der Waals surface area contributed by atoms with Crippen LogP contribution in [0.3, 0.4) is 0 Å². The van der Waals surface area contributed by atoms with Crippen LogP contribution < -0.4 is 16.0 Å². The number of aliphatic carboxylic acids is 1. The highest BCUT2D eigenvalue weighted by atomic mass is 16.4. The lowest BCUT2D eigenvalue weighted by molar-refractivity contribution is -0.131. The Morgan fingerprint density at radius 2 is 1.29 bits per heavy atom. The molecule has 0 heterocycles. The van der Waals surface area contributed by atoms with E-state index in [4.69, 9.17) is 5.11 Å². The summed E-state index contributed by atoms with van der Waals surface area (Å²) in [6.07, 6.45) is 12.6. The molecule has 0 saturated heterocycles. The highest BCUT2D eigenvalue weighted by molar-refractivity contribution is 5.93. The van der Waals surface area contributed by atoms with E-state index in [-0.39, 0.29) is 5.91 Å². The molecule has 0 atom stereocenters. The molecule has 4 N–H and O–H groups in total. The topological polar surface area (TPSA) is 90.5 Å². The monoisotopic (exact) mass is 341 g/mol. The Bertz CT molecular complexity index is 346. The smallest absolute Gasteiger partial charge is 0.328 e. The lowest BCUT2D eigenvalue weighted by Crippen LogP contribution is -2.34. The van der Waals surface area contributed by atoms with Gasteiger partial charge < -0.3 is 21.1 Å². The molecule has 0 aliphatic rings. The first-order chi connectivity index (χ1) is 11.7. The normalized spacial score (nSPS) is 11.0. The third-order valence-electron chi connectivity index (χ3n) is 3.66. The maximum atomic E-state index is 11.2. The molecule has 140 valence electrons. The number of carboxylic acid groups (broad SMARTS) is 1. The van der Waals surface area contributed by atoms with E-state index in [1.807, 2.05) is 0 Å². The third-order valence-corrected chi connectivity index (χ3v) is 3.66. The second-order valence-corrected chi connectivity index (χ2v) is 5.94. The van der Waals surface area contributed by atoms with E-state index < -0.39 is 5.97 Å². The molecule has 1 amide bonds. The Morgan fingerprint density at radius 3 is 1.92 bits per heavy atom. The quantitative estimate of drug-likeness (QED) is 0.240. The zero-order valence-corrected chi connectivity index (χ0v) is 15.1. The van der Waals surface area contributed by atoms with Crippen LogP contribution in [0.1, 0.15) is 58.3 Å². The molecule has 6 nitrogen and oxygen atoms in total. The molecule has 0 rings (SSSR count). The van der Waals surface area contributed by atoms with Gasteiger partial charge in [0.05, 0.1) is 0 Å². The minimum absolute atomic E-state index is 0.382. The van der Waals surface area contributed by atoms with Crippen LogP contribution in [0.5, 0.6) is 0 Å². The molecule has 0 radical (unpaired) electrons. The number of amides is 1. The lowest BCUT2D eigenvalue weighted by atomic mass is 10.1. The second kappa shape index (κ2) is 17.9. The van der Waals surface area contributed by atoms with Crippen molar-refractivity contribution in [3.8, 4) is 0 Å². The summed E-state index contributed by atoms with van der Waals surface area (Å²) < 4.78 is 0. The van der Waals surface area contributed by atoms with Crippen LogP contribution in [-0.4, -0.2) is 49.7 Å². The van der Waals surface area contributed by atoms with Crippen LogP contribution >= 0.6 is 0 Å². The molecule has 24 heavy (non-hydrogen) atoms. The van der Waals surface area contributed by atoms with Gasteiger partial charge in [-0.25, -0.2) is 4.79 Å². The van der Waals surface area contributed by atoms with Gasteiger partial charge in [0.2, 0.25) is 5.91 Å². The van der Waals surface area contributed by atoms with Crippen LogP contribution in [0.2, 0.25) is 0 Å². The second-order valence-electron chi connectivity index (χ2n) is 5.94. The van der Waals surface area contributed by atoms with Crippen molar-refractivity contribution in [3.05, 3.63) is 12.2 Å². The summed E-state index contributed by atoms with van der Waals surface area (Å²) in [6.45, 7) is 6.25. The molecule has 0 saturated carbocycles. The summed E-state index contributed by atoms with van der Waals surface area (Å²) in [5.41, 5.74) is 0. The summed E-state index contributed by atoms with van der Waals surface area (Å²) in [4.78, 5) is 21.4. The lowest BCUT2D eigenvalue weighted by Gasteiger charge is -2.07. The highest BCUT2D eigenvalue weighted by Crippen LogP contribution is 2.07. The van der Waals surface area contributed by atoms with Gasteiger partial charge in [-0.1, -0.05) is 51.9 Å². The first kappa shape index (κ1) is 22.6. The SMILES string of the molecule is CCCCCCCCCCNCCNCCNC(=O)/C=C\C(=O)O. The number of unbranched alkanes of at least 4 members (excludes halogenated alkanes) is 7. The molecule has 0 bridgehead atoms. The molecule has 0 aromatic carbocycles. The Kier molecular flexibility index (Phi) is 16.9. The van der Waals surface area contributed by atoms with Crippen molar-refractivity contribution in [1.29, 1.82) is 0 Å². The average Bonchev–Trinajstić information content (AvgIpc) is 2.56. The van der Waals surface area contributed by atoms with Crippen LogP contribution in [-0.2, 0) is 9.59 Å². The maximum absolute atomic E-state index is 11.2. The van der Waals surface area contributed by atoms with Gasteiger partial charge in [-0.3, -0.25) is 4.79 Å². The minimum Gasteiger partial charge on any atom is -0.478 e. The van der Waals surface area contributed by atoms with Gasteiger partial charge in [0.15, 0.2) is 0 Å². The van der Waals surface area contributed by atoms with Crippen molar-refractivity contribution < 1.29 is 14.7 Å². The molecular formula is C18H35N3O3. The number of carboxylic acids is 1. The van der Waals surface area contributed by atoms with Crippen LogP contribution in [0.25, 0.3) is 0 Å². The largest absolute Gasteiger partial charge is 0.478 e. The third kappa shape index (κ3) is 18.6. The fourth-order valence-electron chi connectivity index (χ4n) is 2.29. The zero-order valence-electron chi connectivity index (χ0n) is 15.1. The van der Waals surface area contributed by atoms with E-state index in [0.29, 0.717) is 13.1 Å². The highest BCUT2D eigenvalue weighted by Gasteiger charge is 1.96. The van der Waals surface area contributed by atoms with Crippen molar-refractivity contribution in [1.82, 2.24) is 16.0 Å². The van der Waals surface area contributed by atoms with Crippen molar-refractivity contribution in [2.45, 2.75) is 58.3 Å². The fourth-order valence-corrected chi connectivity index (χ4v) is 2.29. The molecule has 0 aromatic rings. The van der Waals surface area contributed by atoms with Gasteiger partial charge in [-0.05, 0) is 13.0 Å². The zero-order chi connectivity index (χ0) is 17.9. The number of rotatable bonds is 17. The van der Waals surface area contributed by atoms with E-state index in [1.54, 1.807) is 0 Å². The van der Waals surface area contributed by atoms with Gasteiger partial charge in [0, 0.05) is 38.3 Å². The van der Waals surface area contributed by atoms with Crippen molar-refractivity contribution in [2.75, 3.05) is 32.7 Å². The standard InChI is InChI=1S/C18H35N3O3/c1-2-3-4-5-6-7-8-9-12-19-13-14-20-15-16-21-17(22)10-11-18(23)24/h10-11,19-20H,2-9,12-16H2,1H3,(H,21,22)(H,23,24)/b11-10-. The maximum Gasteiger partial charge on any atom is 0.328 e. The van der Waals surface area contributed by atoms with E-state index in [0.717, 1.165) is 31.8 Å². The molecule has 0 fully saturated rings. The van der Waals surface area contributed by atoms with Crippen molar-refractivity contribution in [3.63, 3.8) is 0 Å². The number of hydrogen-bond acceptors (Lipinski definition) is 4. The first-order valence-corrected chi connectivity index (χ1v) is 9.27. The summed E-state index contributed by atoms with van der Waals surface area (Å²) in [7, 11) is 0. The summed E-state index contributed by atoms with van der Waals surface area (Å²) >= 11 is 0. The number of carbonyl (C=O) groups is 2. The summed E-state index contributed by atoms with van der Waals surface area (Å²) in [5, 5.41) is 17.6. The van der Waals surface area contributed by atoms with E-state index in [1.165, 1.54) is 51.4 Å². The molecule has 0 aliphatic heterocycles. The number of carbonyl (C=O) groups excluding carboxylic acids is 1. The molecule has 0 unspecified atom stereocenters. The van der Waals surface area contributed by atoms with E-state index in [9.17, 15) is 9.59 Å². The molecule has 0 aromatic heterocycles. The van der Waals surface area contributed by atoms with Gasteiger partial charge in [0.25, 0.3) is 0 Å². The average molecular weight is 341 g/mol. The Labute approximate surface area is 146 Å². The van der Waals surface area contributed by atoms with Gasteiger partial charge >= 0.3 is 5.97 Å². The molecular weight excluding hydrogens is 306 g/mol. The van der Waals surface area contributed by atoms with Crippen LogP contribution in [0.4, 0.5) is 0 Å².